The first-order chi connectivity index (χ1) is 9.02. The van der Waals surface area contributed by atoms with Gasteiger partial charge in [0.15, 0.2) is 0 Å². The first-order valence-electron chi connectivity index (χ1n) is 6.47. The average Bonchev–Trinajstić information content (AvgIpc) is 2.38. The first kappa shape index (κ1) is 13.5. The number of carboxylic acid groups (broad SMARTS) is 1. The molecule has 1 aromatic heterocycles. The quantitative estimate of drug-likeness (QED) is 0.902. The second-order valence-corrected chi connectivity index (χ2v) is 5.08. The molecular formula is C14H18N2O3. The van der Waals surface area contributed by atoms with Crippen LogP contribution in [0.3, 0.4) is 0 Å². The lowest BCUT2D eigenvalue weighted by Crippen LogP contribution is -2.48. The largest absolute Gasteiger partial charge is 0.481 e. The van der Waals surface area contributed by atoms with Gasteiger partial charge in [0.25, 0.3) is 0 Å². The summed E-state index contributed by atoms with van der Waals surface area (Å²) in [5, 5.41) is 9.39. The van der Waals surface area contributed by atoms with Crippen molar-refractivity contribution in [3.63, 3.8) is 0 Å². The number of aromatic nitrogens is 1. The van der Waals surface area contributed by atoms with Crippen LogP contribution in [0.15, 0.2) is 24.4 Å². The van der Waals surface area contributed by atoms with Crippen molar-refractivity contribution in [2.75, 3.05) is 0 Å². The Kier molecular flexibility index (Phi) is 3.83. The van der Waals surface area contributed by atoms with Gasteiger partial charge in [0.2, 0.25) is 5.91 Å². The van der Waals surface area contributed by atoms with Gasteiger partial charge in [-0.05, 0) is 32.4 Å². The van der Waals surface area contributed by atoms with Gasteiger partial charge in [0.05, 0.1) is 17.7 Å². The summed E-state index contributed by atoms with van der Waals surface area (Å²) in [7, 11) is 0. The van der Waals surface area contributed by atoms with Crippen LogP contribution in [0.25, 0.3) is 0 Å². The van der Waals surface area contributed by atoms with Gasteiger partial charge in [-0.15, -0.1) is 0 Å². The van der Waals surface area contributed by atoms with E-state index in [2.05, 4.69) is 4.98 Å². The Balaban J connectivity index is 2.44. The maximum absolute atomic E-state index is 12.1. The molecule has 1 amide bonds. The molecule has 0 radical (unpaired) electrons. The summed E-state index contributed by atoms with van der Waals surface area (Å²) < 4.78 is 0. The molecule has 5 nitrogen and oxygen atoms in total. The molecule has 0 aromatic carbocycles. The summed E-state index contributed by atoms with van der Waals surface area (Å²) in [6.45, 7) is 3.80. The fourth-order valence-corrected chi connectivity index (χ4v) is 2.68. The summed E-state index contributed by atoms with van der Waals surface area (Å²) in [5.74, 6) is -1.45. The number of amides is 1. The maximum Gasteiger partial charge on any atom is 0.309 e. The predicted molar refractivity (Wildman–Crippen MR) is 69.3 cm³/mol. The van der Waals surface area contributed by atoms with Gasteiger partial charge in [-0.3, -0.25) is 14.6 Å². The highest BCUT2D eigenvalue weighted by atomic mass is 16.4. The van der Waals surface area contributed by atoms with Crippen LogP contribution >= 0.6 is 0 Å². The SMILES string of the molecule is CC(C)N1C(=O)CCC(C(=O)O)C1c1ccccn1. The maximum atomic E-state index is 12.1. The number of carbonyl (C=O) groups is 2. The zero-order valence-electron chi connectivity index (χ0n) is 11.1. The van der Waals surface area contributed by atoms with Gasteiger partial charge in [0, 0.05) is 18.7 Å². The van der Waals surface area contributed by atoms with Crippen molar-refractivity contribution in [2.45, 2.75) is 38.8 Å². The second-order valence-electron chi connectivity index (χ2n) is 5.08. The molecule has 5 heteroatoms. The van der Waals surface area contributed by atoms with Gasteiger partial charge < -0.3 is 10.0 Å². The number of hydrogen-bond acceptors (Lipinski definition) is 3. The van der Waals surface area contributed by atoms with Gasteiger partial charge in [-0.1, -0.05) is 6.07 Å². The van der Waals surface area contributed by atoms with Gasteiger partial charge in [-0.2, -0.15) is 0 Å². The number of carbonyl (C=O) groups excluding carboxylic acids is 1. The number of likely N-dealkylation sites (tertiary alicyclic amines) is 1. The Morgan fingerprint density at radius 3 is 2.74 bits per heavy atom. The number of rotatable bonds is 3. The van der Waals surface area contributed by atoms with Gasteiger partial charge >= 0.3 is 5.97 Å². The molecular weight excluding hydrogens is 244 g/mol. The highest BCUT2D eigenvalue weighted by Gasteiger charge is 2.42. The minimum Gasteiger partial charge on any atom is -0.481 e. The van der Waals surface area contributed by atoms with Crippen molar-refractivity contribution in [3.8, 4) is 0 Å². The molecule has 1 fully saturated rings. The van der Waals surface area contributed by atoms with E-state index in [1.54, 1.807) is 23.2 Å². The number of piperidine rings is 1. The third-order valence-corrected chi connectivity index (χ3v) is 3.50. The van der Waals surface area contributed by atoms with E-state index in [0.29, 0.717) is 18.5 Å². The molecule has 102 valence electrons. The molecule has 1 aliphatic rings. The molecule has 2 unspecified atom stereocenters. The number of nitrogens with zero attached hydrogens (tertiary/aromatic N) is 2. The van der Waals surface area contributed by atoms with Crippen molar-refractivity contribution >= 4 is 11.9 Å². The number of carboxylic acids is 1. The van der Waals surface area contributed by atoms with E-state index in [9.17, 15) is 14.7 Å². The van der Waals surface area contributed by atoms with Crippen LogP contribution in [0.4, 0.5) is 0 Å². The Morgan fingerprint density at radius 2 is 2.21 bits per heavy atom. The van der Waals surface area contributed by atoms with E-state index < -0.39 is 17.9 Å². The van der Waals surface area contributed by atoms with E-state index >= 15 is 0 Å². The van der Waals surface area contributed by atoms with Crippen LogP contribution in [0.2, 0.25) is 0 Å². The Labute approximate surface area is 112 Å². The van der Waals surface area contributed by atoms with Gasteiger partial charge in [0.1, 0.15) is 0 Å². The summed E-state index contributed by atoms with van der Waals surface area (Å²) in [5.41, 5.74) is 0.650. The molecule has 1 N–H and O–H groups in total. The molecule has 1 aliphatic heterocycles. The van der Waals surface area contributed by atoms with E-state index in [-0.39, 0.29) is 11.9 Å². The van der Waals surface area contributed by atoms with Crippen molar-refractivity contribution in [1.82, 2.24) is 9.88 Å². The summed E-state index contributed by atoms with van der Waals surface area (Å²) in [4.78, 5) is 29.4. The van der Waals surface area contributed by atoms with Crippen LogP contribution < -0.4 is 0 Å². The predicted octanol–water partition coefficient (Wildman–Crippen LogP) is 1.85. The van der Waals surface area contributed by atoms with Crippen molar-refractivity contribution in [2.24, 2.45) is 5.92 Å². The molecule has 1 aromatic rings. The van der Waals surface area contributed by atoms with E-state index in [1.165, 1.54) is 0 Å². The fourth-order valence-electron chi connectivity index (χ4n) is 2.68. The topological polar surface area (TPSA) is 70.5 Å². The molecule has 2 rings (SSSR count). The van der Waals surface area contributed by atoms with Crippen LogP contribution in [0, 0.1) is 5.92 Å². The Hall–Kier alpha value is -1.91. The van der Waals surface area contributed by atoms with E-state index in [1.807, 2.05) is 19.9 Å². The highest BCUT2D eigenvalue weighted by Crippen LogP contribution is 2.37. The highest BCUT2D eigenvalue weighted by molar-refractivity contribution is 5.81. The lowest BCUT2D eigenvalue weighted by atomic mass is 9.85. The van der Waals surface area contributed by atoms with Crippen LogP contribution in [0.5, 0.6) is 0 Å². The minimum atomic E-state index is -0.867. The monoisotopic (exact) mass is 262 g/mol. The van der Waals surface area contributed by atoms with E-state index in [0.717, 1.165) is 0 Å². The molecule has 2 heterocycles. The Morgan fingerprint density at radius 1 is 1.47 bits per heavy atom. The second kappa shape index (κ2) is 5.38. The Bertz CT molecular complexity index is 473. The third-order valence-electron chi connectivity index (χ3n) is 3.50. The van der Waals surface area contributed by atoms with Crippen molar-refractivity contribution in [1.29, 1.82) is 0 Å². The molecule has 0 spiro atoms. The lowest BCUT2D eigenvalue weighted by molar-refractivity contribution is -0.153. The summed E-state index contributed by atoms with van der Waals surface area (Å²) >= 11 is 0. The zero-order valence-corrected chi connectivity index (χ0v) is 11.1. The normalized spacial score (nSPS) is 23.7. The molecule has 19 heavy (non-hydrogen) atoms. The van der Waals surface area contributed by atoms with E-state index in [4.69, 9.17) is 0 Å². The first-order valence-corrected chi connectivity index (χ1v) is 6.47. The summed E-state index contributed by atoms with van der Waals surface area (Å²) in [6, 6.07) is 4.87. The smallest absolute Gasteiger partial charge is 0.309 e. The zero-order chi connectivity index (χ0) is 14.0. The molecule has 1 saturated heterocycles. The molecule has 2 atom stereocenters. The van der Waals surface area contributed by atoms with Gasteiger partial charge in [-0.25, -0.2) is 0 Å². The lowest BCUT2D eigenvalue weighted by Gasteiger charge is -2.41. The third kappa shape index (κ3) is 2.59. The van der Waals surface area contributed by atoms with Crippen LogP contribution in [-0.4, -0.2) is 32.9 Å². The standard InChI is InChI=1S/C14H18N2O3/c1-9(2)16-12(17)7-6-10(14(18)19)13(16)11-5-3-4-8-15-11/h3-5,8-10,13H,6-7H2,1-2H3,(H,18,19). The van der Waals surface area contributed by atoms with Crippen LogP contribution in [0.1, 0.15) is 38.4 Å². The fraction of sp³-hybridized carbons (Fsp3) is 0.500. The molecule has 0 bridgehead atoms. The average molecular weight is 262 g/mol. The summed E-state index contributed by atoms with van der Waals surface area (Å²) in [6.07, 6.45) is 2.29. The minimum absolute atomic E-state index is 0.00292. The van der Waals surface area contributed by atoms with Crippen molar-refractivity contribution in [3.05, 3.63) is 30.1 Å². The molecule has 0 saturated carbocycles. The van der Waals surface area contributed by atoms with Crippen LogP contribution in [-0.2, 0) is 9.59 Å². The number of hydrogen-bond donors (Lipinski definition) is 1. The van der Waals surface area contributed by atoms with Crippen molar-refractivity contribution < 1.29 is 14.7 Å². The number of aliphatic carboxylic acids is 1. The number of pyridine rings is 1. The molecule has 0 aliphatic carbocycles.